The summed E-state index contributed by atoms with van der Waals surface area (Å²) in [6.45, 7) is 2.31. The average molecular weight is 244 g/mol. The van der Waals surface area contributed by atoms with Crippen LogP contribution in [0.5, 0.6) is 5.75 Å². The molecule has 1 aromatic carbocycles. The van der Waals surface area contributed by atoms with Gasteiger partial charge >= 0.3 is 0 Å². The van der Waals surface area contributed by atoms with Crippen molar-refractivity contribution in [2.75, 3.05) is 0 Å². The quantitative estimate of drug-likeness (QED) is 0.803. The van der Waals surface area contributed by atoms with Crippen molar-refractivity contribution in [2.24, 2.45) is 11.8 Å². The van der Waals surface area contributed by atoms with Crippen LogP contribution in [0.25, 0.3) is 0 Å². The standard InChI is InChI=1S/C17H24O/c1-2-3-12-4-8-16-13(10-12)5-6-14-11-15(18)7-9-17(14)16/h7,9,11-13,16,18H,2-6,8,10H2,1H3/t12-,13+,16+/m1/s1. The molecule has 0 heterocycles. The van der Waals surface area contributed by atoms with E-state index >= 15 is 0 Å². The second-order valence-corrected chi connectivity index (χ2v) is 6.26. The fraction of sp³-hybridized carbons (Fsp3) is 0.647. The second kappa shape index (κ2) is 4.95. The molecule has 3 rings (SSSR count). The summed E-state index contributed by atoms with van der Waals surface area (Å²) < 4.78 is 0. The number of aryl methyl sites for hydroxylation is 1. The number of hydrogen-bond donors (Lipinski definition) is 1. The van der Waals surface area contributed by atoms with Crippen molar-refractivity contribution >= 4 is 0 Å². The topological polar surface area (TPSA) is 20.2 Å². The molecular weight excluding hydrogens is 220 g/mol. The highest BCUT2D eigenvalue weighted by Crippen LogP contribution is 2.48. The molecule has 0 radical (unpaired) electrons. The van der Waals surface area contributed by atoms with E-state index in [1.54, 1.807) is 5.56 Å². The molecule has 1 nitrogen and oxygen atoms in total. The summed E-state index contributed by atoms with van der Waals surface area (Å²) in [5.41, 5.74) is 2.95. The smallest absolute Gasteiger partial charge is 0.115 e. The lowest BCUT2D eigenvalue weighted by Crippen LogP contribution is -2.28. The summed E-state index contributed by atoms with van der Waals surface area (Å²) >= 11 is 0. The first-order valence-electron chi connectivity index (χ1n) is 7.59. The van der Waals surface area contributed by atoms with E-state index in [9.17, 15) is 5.11 Å². The minimum Gasteiger partial charge on any atom is -0.508 e. The molecule has 3 atom stereocenters. The first-order chi connectivity index (χ1) is 8.78. The molecule has 0 aromatic heterocycles. The third kappa shape index (κ3) is 2.15. The monoisotopic (exact) mass is 244 g/mol. The van der Waals surface area contributed by atoms with E-state index in [0.29, 0.717) is 5.75 Å². The van der Waals surface area contributed by atoms with E-state index in [-0.39, 0.29) is 0 Å². The van der Waals surface area contributed by atoms with Crippen molar-refractivity contribution in [3.8, 4) is 5.75 Å². The third-order valence-electron chi connectivity index (χ3n) is 5.10. The van der Waals surface area contributed by atoms with E-state index in [2.05, 4.69) is 13.0 Å². The van der Waals surface area contributed by atoms with Crippen LogP contribution in [0.4, 0.5) is 0 Å². The first kappa shape index (κ1) is 12.1. The maximum absolute atomic E-state index is 9.60. The van der Waals surface area contributed by atoms with Gasteiger partial charge in [0.1, 0.15) is 5.75 Å². The van der Waals surface area contributed by atoms with Gasteiger partial charge in [-0.1, -0.05) is 25.8 Å². The summed E-state index contributed by atoms with van der Waals surface area (Å²) in [6, 6.07) is 6.05. The molecule has 1 heteroatoms. The van der Waals surface area contributed by atoms with Gasteiger partial charge in [0.2, 0.25) is 0 Å². The molecule has 18 heavy (non-hydrogen) atoms. The van der Waals surface area contributed by atoms with Gasteiger partial charge < -0.3 is 5.11 Å². The molecule has 98 valence electrons. The number of fused-ring (bicyclic) bond motifs is 3. The van der Waals surface area contributed by atoms with Crippen LogP contribution in [0, 0.1) is 11.8 Å². The normalized spacial score (nSPS) is 30.6. The highest BCUT2D eigenvalue weighted by Gasteiger charge is 2.34. The van der Waals surface area contributed by atoms with Crippen LogP contribution in [-0.4, -0.2) is 5.11 Å². The summed E-state index contributed by atoms with van der Waals surface area (Å²) in [5, 5.41) is 9.60. The Hall–Kier alpha value is -0.980. The number of phenolic OH excluding ortho intramolecular Hbond substituents is 1. The number of aromatic hydroxyl groups is 1. The molecule has 1 N–H and O–H groups in total. The molecule has 0 unspecified atom stereocenters. The minimum atomic E-state index is 0.437. The third-order valence-corrected chi connectivity index (χ3v) is 5.10. The SMILES string of the molecule is CCC[C@@H]1CC[C@@H]2c3ccc(O)cc3CC[C@H]2C1. The van der Waals surface area contributed by atoms with Gasteiger partial charge in [0, 0.05) is 0 Å². The van der Waals surface area contributed by atoms with Crippen LogP contribution in [0.3, 0.4) is 0 Å². The Morgan fingerprint density at radius 3 is 2.94 bits per heavy atom. The Kier molecular flexibility index (Phi) is 3.32. The van der Waals surface area contributed by atoms with E-state index in [1.807, 2.05) is 12.1 Å². The van der Waals surface area contributed by atoms with E-state index in [1.165, 1.54) is 50.5 Å². The Morgan fingerprint density at radius 2 is 2.11 bits per heavy atom. The Labute approximate surface area is 110 Å². The highest BCUT2D eigenvalue weighted by atomic mass is 16.3. The molecule has 0 spiro atoms. The molecule has 1 aromatic rings. The molecule has 2 aliphatic carbocycles. The van der Waals surface area contributed by atoms with Gasteiger partial charge in [0.15, 0.2) is 0 Å². The zero-order chi connectivity index (χ0) is 12.5. The molecule has 0 aliphatic heterocycles. The molecule has 0 bridgehead atoms. The van der Waals surface area contributed by atoms with Crippen LogP contribution < -0.4 is 0 Å². The van der Waals surface area contributed by atoms with Gasteiger partial charge in [-0.3, -0.25) is 0 Å². The van der Waals surface area contributed by atoms with Gasteiger partial charge in [0.25, 0.3) is 0 Å². The summed E-state index contributed by atoms with van der Waals surface area (Å²) in [6.07, 6.45) is 9.49. The van der Waals surface area contributed by atoms with Crippen molar-refractivity contribution < 1.29 is 5.11 Å². The van der Waals surface area contributed by atoms with Crippen LogP contribution in [0.1, 0.15) is 62.5 Å². The van der Waals surface area contributed by atoms with Crippen molar-refractivity contribution in [3.05, 3.63) is 29.3 Å². The summed E-state index contributed by atoms with van der Waals surface area (Å²) in [7, 11) is 0. The second-order valence-electron chi connectivity index (χ2n) is 6.26. The van der Waals surface area contributed by atoms with Gasteiger partial charge in [0.05, 0.1) is 0 Å². The zero-order valence-electron chi connectivity index (χ0n) is 11.4. The average Bonchev–Trinajstić information content (AvgIpc) is 2.38. The lowest BCUT2D eigenvalue weighted by Gasteiger charge is -2.40. The molecule has 1 saturated carbocycles. The fourth-order valence-corrected chi connectivity index (χ4v) is 4.27. The van der Waals surface area contributed by atoms with Crippen molar-refractivity contribution in [2.45, 2.75) is 57.8 Å². The van der Waals surface area contributed by atoms with Gasteiger partial charge in [-0.25, -0.2) is 0 Å². The Morgan fingerprint density at radius 1 is 1.22 bits per heavy atom. The molecular formula is C17H24O. The Balaban J connectivity index is 1.80. The van der Waals surface area contributed by atoms with Gasteiger partial charge in [-0.2, -0.15) is 0 Å². The number of rotatable bonds is 2. The molecule has 1 fully saturated rings. The first-order valence-corrected chi connectivity index (χ1v) is 7.59. The van der Waals surface area contributed by atoms with Crippen LogP contribution in [0.15, 0.2) is 18.2 Å². The number of benzene rings is 1. The van der Waals surface area contributed by atoms with Gasteiger partial charge in [-0.15, -0.1) is 0 Å². The number of hydrogen-bond acceptors (Lipinski definition) is 1. The van der Waals surface area contributed by atoms with E-state index in [4.69, 9.17) is 0 Å². The highest BCUT2D eigenvalue weighted by molar-refractivity contribution is 5.39. The van der Waals surface area contributed by atoms with Crippen molar-refractivity contribution in [1.82, 2.24) is 0 Å². The van der Waals surface area contributed by atoms with Crippen LogP contribution in [0.2, 0.25) is 0 Å². The Bertz CT molecular complexity index is 424. The molecule has 0 saturated heterocycles. The number of phenols is 1. The van der Waals surface area contributed by atoms with Crippen molar-refractivity contribution in [1.29, 1.82) is 0 Å². The maximum atomic E-state index is 9.60. The zero-order valence-corrected chi connectivity index (χ0v) is 11.4. The molecule has 0 amide bonds. The largest absolute Gasteiger partial charge is 0.508 e. The summed E-state index contributed by atoms with van der Waals surface area (Å²) in [4.78, 5) is 0. The van der Waals surface area contributed by atoms with Crippen LogP contribution >= 0.6 is 0 Å². The summed E-state index contributed by atoms with van der Waals surface area (Å²) in [5.74, 6) is 3.11. The predicted octanol–water partition coefficient (Wildman–Crippen LogP) is 4.64. The minimum absolute atomic E-state index is 0.437. The molecule has 2 aliphatic rings. The van der Waals surface area contributed by atoms with Gasteiger partial charge in [-0.05, 0) is 73.1 Å². The fourth-order valence-electron chi connectivity index (χ4n) is 4.27. The van der Waals surface area contributed by atoms with E-state index in [0.717, 1.165) is 17.8 Å². The maximum Gasteiger partial charge on any atom is 0.115 e. The van der Waals surface area contributed by atoms with Crippen molar-refractivity contribution in [3.63, 3.8) is 0 Å². The predicted molar refractivity (Wildman–Crippen MR) is 74.9 cm³/mol. The van der Waals surface area contributed by atoms with E-state index < -0.39 is 0 Å². The lowest BCUT2D eigenvalue weighted by atomic mass is 9.65. The van der Waals surface area contributed by atoms with Crippen LogP contribution in [-0.2, 0) is 6.42 Å². The lowest BCUT2D eigenvalue weighted by molar-refractivity contribution is 0.201.